The number of hydrogen-bond donors (Lipinski definition) is 3. The highest BCUT2D eigenvalue weighted by atomic mass is 32.2. The summed E-state index contributed by atoms with van der Waals surface area (Å²) in [6.45, 7) is 2.20. The van der Waals surface area contributed by atoms with E-state index in [9.17, 15) is 15.3 Å². The summed E-state index contributed by atoms with van der Waals surface area (Å²) < 4.78 is 6.14. The maximum absolute atomic E-state index is 10.0. The summed E-state index contributed by atoms with van der Waals surface area (Å²) in [4.78, 5) is 0. The summed E-state index contributed by atoms with van der Waals surface area (Å²) in [6, 6.07) is 13.8. The van der Waals surface area contributed by atoms with Crippen LogP contribution in [-0.2, 0) is 12.8 Å². The predicted octanol–water partition coefficient (Wildman–Crippen LogP) is 3.89. The number of phenolic OH excluding ortho intramolecular Hbond substituents is 1. The zero-order valence-corrected chi connectivity index (χ0v) is 16.5. The Balaban J connectivity index is 1.74. The molecule has 3 unspecified atom stereocenters. The molecule has 0 amide bonds. The zero-order chi connectivity index (χ0) is 19.2. The molecule has 5 heteroatoms. The molecule has 3 atom stereocenters. The van der Waals surface area contributed by atoms with Gasteiger partial charge in [0, 0.05) is 24.2 Å². The molecular weight excluding hydrogens is 360 g/mol. The average Bonchev–Trinajstić information content (AvgIpc) is 2.65. The van der Waals surface area contributed by atoms with Gasteiger partial charge in [-0.1, -0.05) is 43.7 Å². The summed E-state index contributed by atoms with van der Waals surface area (Å²) in [5, 5.41) is 29.3. The predicted molar refractivity (Wildman–Crippen MR) is 109 cm³/mol. The van der Waals surface area contributed by atoms with Gasteiger partial charge in [0.05, 0.1) is 12.7 Å². The van der Waals surface area contributed by atoms with E-state index in [1.807, 2.05) is 6.07 Å². The molecule has 0 aromatic heterocycles. The van der Waals surface area contributed by atoms with Crippen molar-refractivity contribution < 1.29 is 20.1 Å². The van der Waals surface area contributed by atoms with Gasteiger partial charge in [0.25, 0.3) is 0 Å². The Morgan fingerprint density at radius 3 is 2.52 bits per heavy atom. The minimum Gasteiger partial charge on any atom is -0.508 e. The van der Waals surface area contributed by atoms with Crippen LogP contribution in [0.5, 0.6) is 11.5 Å². The number of aryl methyl sites for hydroxylation is 1. The van der Waals surface area contributed by atoms with Crippen molar-refractivity contribution in [2.24, 2.45) is 0 Å². The van der Waals surface area contributed by atoms with Gasteiger partial charge in [-0.2, -0.15) is 0 Å². The maximum atomic E-state index is 10.0. The molecule has 1 fully saturated rings. The number of aliphatic hydroxyl groups is 2. The molecule has 0 saturated carbocycles. The SMILES string of the molecule is CCCc1ccc(Cc2ccc(O)cc2OC2CC(O)CC(CO)S2)cc1. The van der Waals surface area contributed by atoms with Crippen molar-refractivity contribution in [3.05, 3.63) is 59.2 Å². The minimum atomic E-state index is -0.472. The lowest BCUT2D eigenvalue weighted by atomic mass is 10.0. The van der Waals surface area contributed by atoms with Crippen molar-refractivity contribution in [1.82, 2.24) is 0 Å². The van der Waals surface area contributed by atoms with Crippen LogP contribution >= 0.6 is 11.8 Å². The Kier molecular flexibility index (Phi) is 7.05. The first-order valence-corrected chi connectivity index (χ1v) is 10.5. The summed E-state index contributed by atoms with van der Waals surface area (Å²) >= 11 is 1.54. The number of aromatic hydroxyl groups is 1. The highest BCUT2D eigenvalue weighted by Crippen LogP contribution is 2.36. The molecule has 0 bridgehead atoms. The normalized spacial score (nSPS) is 22.6. The van der Waals surface area contributed by atoms with Gasteiger partial charge in [-0.15, -0.1) is 11.8 Å². The number of aliphatic hydroxyl groups excluding tert-OH is 2. The van der Waals surface area contributed by atoms with Crippen molar-refractivity contribution in [3.8, 4) is 11.5 Å². The summed E-state index contributed by atoms with van der Waals surface area (Å²) in [7, 11) is 0. The Morgan fingerprint density at radius 2 is 1.81 bits per heavy atom. The van der Waals surface area contributed by atoms with Crippen molar-refractivity contribution in [3.63, 3.8) is 0 Å². The number of benzene rings is 2. The molecular formula is C22H28O4S. The fourth-order valence-electron chi connectivity index (χ4n) is 3.41. The second-order valence-electron chi connectivity index (χ2n) is 7.15. The van der Waals surface area contributed by atoms with Crippen molar-refractivity contribution in [1.29, 1.82) is 0 Å². The largest absolute Gasteiger partial charge is 0.508 e. The van der Waals surface area contributed by atoms with E-state index in [-0.39, 0.29) is 23.0 Å². The molecule has 0 radical (unpaired) electrons. The third kappa shape index (κ3) is 5.64. The molecule has 0 aliphatic carbocycles. The number of thioether (sulfide) groups is 1. The van der Waals surface area contributed by atoms with Gasteiger partial charge in [-0.25, -0.2) is 0 Å². The molecule has 2 aromatic rings. The molecule has 3 N–H and O–H groups in total. The maximum Gasteiger partial charge on any atom is 0.147 e. The molecule has 146 valence electrons. The third-order valence-electron chi connectivity index (χ3n) is 4.81. The van der Waals surface area contributed by atoms with Crippen LogP contribution in [0.3, 0.4) is 0 Å². The van der Waals surface area contributed by atoms with Crippen LogP contribution in [0.1, 0.15) is 42.9 Å². The van der Waals surface area contributed by atoms with Gasteiger partial charge in [-0.05, 0) is 35.6 Å². The standard InChI is InChI=1S/C22H28O4S/c1-2-3-15-4-6-16(7-5-15)10-17-8-9-18(24)12-21(17)26-22-13-19(25)11-20(14-23)27-22/h4-9,12,19-20,22-25H,2-3,10-11,13-14H2,1H3. The van der Waals surface area contributed by atoms with Gasteiger partial charge in [0.15, 0.2) is 0 Å². The molecule has 3 rings (SSSR count). The highest BCUT2D eigenvalue weighted by molar-refractivity contribution is 8.00. The molecule has 1 aliphatic rings. The average molecular weight is 389 g/mol. The fraction of sp³-hybridized carbons (Fsp3) is 0.455. The molecule has 0 spiro atoms. The van der Waals surface area contributed by atoms with Crippen molar-refractivity contribution in [2.75, 3.05) is 6.61 Å². The smallest absolute Gasteiger partial charge is 0.147 e. The van der Waals surface area contributed by atoms with Crippen LogP contribution in [0.4, 0.5) is 0 Å². The molecule has 1 aliphatic heterocycles. The first-order valence-electron chi connectivity index (χ1n) is 9.58. The number of hydrogen-bond acceptors (Lipinski definition) is 5. The van der Waals surface area contributed by atoms with Gasteiger partial charge in [0.1, 0.15) is 16.9 Å². The van der Waals surface area contributed by atoms with Crippen LogP contribution in [0.25, 0.3) is 0 Å². The van der Waals surface area contributed by atoms with E-state index in [2.05, 4.69) is 31.2 Å². The van der Waals surface area contributed by atoms with Gasteiger partial charge in [-0.3, -0.25) is 0 Å². The van der Waals surface area contributed by atoms with Gasteiger partial charge < -0.3 is 20.1 Å². The Morgan fingerprint density at radius 1 is 1.07 bits per heavy atom. The van der Waals surface area contributed by atoms with Crippen LogP contribution in [0, 0.1) is 0 Å². The van der Waals surface area contributed by atoms with E-state index in [0.717, 1.165) is 18.4 Å². The van der Waals surface area contributed by atoms with Crippen LogP contribution in [0.15, 0.2) is 42.5 Å². The number of rotatable bonds is 7. The lowest BCUT2D eigenvalue weighted by molar-refractivity contribution is 0.104. The second-order valence-corrected chi connectivity index (χ2v) is 8.61. The molecule has 2 aromatic carbocycles. The van der Waals surface area contributed by atoms with E-state index in [4.69, 9.17) is 4.74 Å². The Bertz CT molecular complexity index is 732. The zero-order valence-electron chi connectivity index (χ0n) is 15.7. The van der Waals surface area contributed by atoms with Crippen molar-refractivity contribution in [2.45, 2.75) is 55.8 Å². The van der Waals surface area contributed by atoms with Gasteiger partial charge in [0.2, 0.25) is 0 Å². The molecule has 1 saturated heterocycles. The monoisotopic (exact) mass is 388 g/mol. The summed E-state index contributed by atoms with van der Waals surface area (Å²) in [5.41, 5.74) is 3.29. The molecule has 1 heterocycles. The second kappa shape index (κ2) is 9.49. The fourth-order valence-corrected chi connectivity index (χ4v) is 4.76. The Hall–Kier alpha value is -1.69. The lowest BCUT2D eigenvalue weighted by Crippen LogP contribution is -2.33. The first kappa shape index (κ1) is 20.1. The first-order chi connectivity index (χ1) is 13.1. The highest BCUT2D eigenvalue weighted by Gasteiger charge is 2.29. The summed E-state index contributed by atoms with van der Waals surface area (Å²) in [6.07, 6.45) is 3.56. The molecule has 4 nitrogen and oxygen atoms in total. The summed E-state index contributed by atoms with van der Waals surface area (Å²) in [5.74, 6) is 0.794. The van der Waals surface area contributed by atoms with E-state index in [0.29, 0.717) is 25.0 Å². The minimum absolute atomic E-state index is 0.0226. The third-order valence-corrected chi connectivity index (χ3v) is 6.13. The van der Waals surface area contributed by atoms with E-state index in [1.165, 1.54) is 11.1 Å². The van der Waals surface area contributed by atoms with E-state index >= 15 is 0 Å². The number of ether oxygens (including phenoxy) is 1. The topological polar surface area (TPSA) is 69.9 Å². The van der Waals surface area contributed by atoms with Crippen molar-refractivity contribution >= 4 is 11.8 Å². The van der Waals surface area contributed by atoms with Gasteiger partial charge >= 0.3 is 0 Å². The number of phenols is 1. The lowest BCUT2D eigenvalue weighted by Gasteiger charge is -2.31. The van der Waals surface area contributed by atoms with Crippen LogP contribution in [-0.4, -0.2) is 38.7 Å². The van der Waals surface area contributed by atoms with E-state index in [1.54, 1.807) is 23.9 Å². The quantitative estimate of drug-likeness (QED) is 0.671. The van der Waals surface area contributed by atoms with Crippen LogP contribution < -0.4 is 4.74 Å². The van der Waals surface area contributed by atoms with Crippen LogP contribution in [0.2, 0.25) is 0 Å². The van der Waals surface area contributed by atoms with E-state index < -0.39 is 6.10 Å². The Labute approximate surface area is 165 Å². The molecule has 27 heavy (non-hydrogen) atoms.